The number of amides is 1. The Morgan fingerprint density at radius 1 is 0.906 bits per heavy atom. The molecule has 1 aliphatic rings. The molecule has 8 nitrogen and oxygen atoms in total. The Bertz CT molecular complexity index is 1310. The molecule has 1 aliphatic heterocycles. The third-order valence-electron chi connectivity index (χ3n) is 5.77. The van der Waals surface area contributed by atoms with Gasteiger partial charge in [-0.25, -0.2) is 4.98 Å². The maximum atomic E-state index is 12.7. The van der Waals surface area contributed by atoms with Crippen LogP contribution in [-0.2, 0) is 0 Å². The van der Waals surface area contributed by atoms with Gasteiger partial charge in [0.05, 0.1) is 35.4 Å². The van der Waals surface area contributed by atoms with Crippen LogP contribution in [0.1, 0.15) is 16.1 Å². The number of rotatable bonds is 3. The molecule has 0 aliphatic carbocycles. The highest BCUT2D eigenvalue weighted by Crippen LogP contribution is 2.24. The van der Waals surface area contributed by atoms with Gasteiger partial charge in [0.15, 0.2) is 5.65 Å². The predicted octanol–water partition coefficient (Wildman–Crippen LogP) is 2.72. The number of nitriles is 1. The fraction of sp³-hybridized carbons (Fsp3) is 0.208. The zero-order chi connectivity index (χ0) is 22.1. The molecule has 1 amide bonds. The van der Waals surface area contributed by atoms with Crippen molar-refractivity contribution in [3.05, 3.63) is 72.4 Å². The van der Waals surface area contributed by atoms with E-state index in [2.05, 4.69) is 33.0 Å². The van der Waals surface area contributed by atoms with Gasteiger partial charge in [-0.15, -0.1) is 0 Å². The molecule has 0 bridgehead atoms. The Labute approximate surface area is 185 Å². The molecule has 0 atom stereocenters. The average Bonchev–Trinajstić information content (AvgIpc) is 3.27. The number of likely N-dealkylation sites (N-methyl/N-ethyl adjacent to an activating group) is 1. The molecule has 0 spiro atoms. The third-order valence-corrected chi connectivity index (χ3v) is 5.77. The van der Waals surface area contributed by atoms with Crippen molar-refractivity contribution in [2.45, 2.75) is 0 Å². The van der Waals surface area contributed by atoms with E-state index in [0.29, 0.717) is 11.3 Å². The van der Waals surface area contributed by atoms with Crippen LogP contribution in [0.5, 0.6) is 0 Å². The number of imidazole rings is 1. The summed E-state index contributed by atoms with van der Waals surface area (Å²) in [5, 5.41) is 9.02. The number of nitrogens with zero attached hydrogens (tertiary/aromatic N) is 7. The second-order valence-electron chi connectivity index (χ2n) is 7.86. The summed E-state index contributed by atoms with van der Waals surface area (Å²) >= 11 is 0. The second kappa shape index (κ2) is 8.21. The fourth-order valence-corrected chi connectivity index (χ4v) is 3.81. The van der Waals surface area contributed by atoms with E-state index < -0.39 is 0 Å². The van der Waals surface area contributed by atoms with Gasteiger partial charge in [-0.05, 0) is 31.3 Å². The fourth-order valence-electron chi connectivity index (χ4n) is 3.81. The highest BCUT2D eigenvalue weighted by Gasteiger charge is 2.21. The maximum absolute atomic E-state index is 12.7. The van der Waals surface area contributed by atoms with Gasteiger partial charge in [0.25, 0.3) is 5.91 Å². The van der Waals surface area contributed by atoms with Gasteiger partial charge in [-0.1, -0.05) is 12.1 Å². The summed E-state index contributed by atoms with van der Waals surface area (Å²) in [6.45, 7) is 3.19. The summed E-state index contributed by atoms with van der Waals surface area (Å²) in [7, 11) is 2.06. The second-order valence-corrected chi connectivity index (χ2v) is 7.86. The molecule has 0 saturated carbocycles. The number of piperazine rings is 1. The van der Waals surface area contributed by atoms with Gasteiger partial charge >= 0.3 is 0 Å². The summed E-state index contributed by atoms with van der Waals surface area (Å²) in [5.41, 5.74) is 5.20. The molecule has 5 rings (SSSR count). The highest BCUT2D eigenvalue weighted by molar-refractivity contribution is 5.92. The zero-order valence-electron chi connectivity index (χ0n) is 17.6. The van der Waals surface area contributed by atoms with E-state index in [1.165, 1.54) is 0 Å². The van der Waals surface area contributed by atoms with Crippen molar-refractivity contribution in [3.63, 3.8) is 0 Å². The third kappa shape index (κ3) is 3.70. The molecule has 0 N–H and O–H groups in total. The molecule has 4 aromatic rings. The van der Waals surface area contributed by atoms with Crippen LogP contribution >= 0.6 is 0 Å². The van der Waals surface area contributed by atoms with Crippen molar-refractivity contribution in [1.29, 1.82) is 5.26 Å². The topological polar surface area (TPSA) is 90.4 Å². The van der Waals surface area contributed by atoms with Crippen LogP contribution in [0.25, 0.3) is 28.2 Å². The molecule has 3 aromatic heterocycles. The summed E-state index contributed by atoms with van der Waals surface area (Å²) in [6, 6.07) is 13.2. The van der Waals surface area contributed by atoms with Crippen LogP contribution in [0.15, 0.2) is 61.2 Å². The van der Waals surface area contributed by atoms with E-state index in [4.69, 9.17) is 5.26 Å². The Morgan fingerprint density at radius 2 is 1.66 bits per heavy atom. The van der Waals surface area contributed by atoms with E-state index in [0.717, 1.165) is 54.3 Å². The molecule has 8 heteroatoms. The van der Waals surface area contributed by atoms with Crippen LogP contribution in [0, 0.1) is 11.3 Å². The van der Waals surface area contributed by atoms with Crippen LogP contribution < -0.4 is 0 Å². The van der Waals surface area contributed by atoms with Crippen molar-refractivity contribution in [2.75, 3.05) is 33.2 Å². The van der Waals surface area contributed by atoms with Gasteiger partial charge < -0.3 is 9.80 Å². The SMILES string of the molecule is CN1CCN(C(=O)c2ccc(-c3cn4c(-c5ccc(C#N)cc5)cnc4cn3)cn2)CC1. The summed E-state index contributed by atoms with van der Waals surface area (Å²) < 4.78 is 1.97. The van der Waals surface area contributed by atoms with Crippen molar-refractivity contribution >= 4 is 11.6 Å². The molecule has 4 heterocycles. The van der Waals surface area contributed by atoms with Gasteiger partial charge in [0.2, 0.25) is 0 Å². The van der Waals surface area contributed by atoms with Crippen molar-refractivity contribution < 1.29 is 4.79 Å². The molecule has 32 heavy (non-hydrogen) atoms. The number of hydrogen-bond acceptors (Lipinski definition) is 6. The van der Waals surface area contributed by atoms with Crippen LogP contribution in [0.4, 0.5) is 0 Å². The van der Waals surface area contributed by atoms with Crippen LogP contribution in [0.3, 0.4) is 0 Å². The molecule has 158 valence electrons. The maximum Gasteiger partial charge on any atom is 0.272 e. The van der Waals surface area contributed by atoms with Crippen LogP contribution in [0.2, 0.25) is 0 Å². The summed E-state index contributed by atoms with van der Waals surface area (Å²) in [4.78, 5) is 30.2. The minimum absolute atomic E-state index is 0.0363. The lowest BCUT2D eigenvalue weighted by Crippen LogP contribution is -2.47. The normalized spacial score (nSPS) is 14.4. The molecule has 1 saturated heterocycles. The quantitative estimate of drug-likeness (QED) is 0.503. The minimum Gasteiger partial charge on any atom is -0.335 e. The lowest BCUT2D eigenvalue weighted by atomic mass is 10.1. The molecule has 1 aromatic carbocycles. The molecule has 1 fully saturated rings. The van der Waals surface area contributed by atoms with Crippen LogP contribution in [-0.4, -0.2) is 68.3 Å². The largest absolute Gasteiger partial charge is 0.335 e. The van der Waals surface area contributed by atoms with E-state index in [1.54, 1.807) is 36.8 Å². The number of pyridine rings is 1. The van der Waals surface area contributed by atoms with Crippen molar-refractivity contribution in [1.82, 2.24) is 29.2 Å². The van der Waals surface area contributed by atoms with Gasteiger partial charge in [0, 0.05) is 49.7 Å². The van der Waals surface area contributed by atoms with Gasteiger partial charge in [0.1, 0.15) is 5.69 Å². The van der Waals surface area contributed by atoms with E-state index in [1.807, 2.05) is 33.7 Å². The summed E-state index contributed by atoms with van der Waals surface area (Å²) in [6.07, 6.45) is 7.11. The predicted molar refractivity (Wildman–Crippen MR) is 120 cm³/mol. The summed E-state index contributed by atoms with van der Waals surface area (Å²) in [5.74, 6) is -0.0363. The Morgan fingerprint density at radius 3 is 2.34 bits per heavy atom. The molecule has 0 unspecified atom stereocenters. The smallest absolute Gasteiger partial charge is 0.272 e. The Hall–Kier alpha value is -4.09. The first kappa shape index (κ1) is 19.8. The molecule has 0 radical (unpaired) electrons. The van der Waals surface area contributed by atoms with E-state index in [-0.39, 0.29) is 5.91 Å². The minimum atomic E-state index is -0.0363. The number of carbonyl (C=O) groups is 1. The zero-order valence-corrected chi connectivity index (χ0v) is 17.6. The van der Waals surface area contributed by atoms with Gasteiger partial charge in [-0.3, -0.25) is 19.2 Å². The number of fused-ring (bicyclic) bond motifs is 1. The first-order valence-electron chi connectivity index (χ1n) is 10.4. The Balaban J connectivity index is 1.42. The Kier molecular flexibility index (Phi) is 5.09. The highest BCUT2D eigenvalue weighted by atomic mass is 16.2. The first-order chi connectivity index (χ1) is 15.6. The first-order valence-corrected chi connectivity index (χ1v) is 10.4. The van der Waals surface area contributed by atoms with E-state index in [9.17, 15) is 4.79 Å². The standard InChI is InChI=1S/C24H21N7O/c1-29-8-10-30(11-9-29)24(32)20-7-6-19(13-26-20)21-16-31-22(14-28-23(31)15-27-21)18-4-2-17(12-25)3-5-18/h2-7,13-16H,8-11H2,1H3. The van der Waals surface area contributed by atoms with Crippen molar-refractivity contribution in [3.8, 4) is 28.6 Å². The number of carbonyl (C=O) groups excluding carboxylic acids is 1. The van der Waals surface area contributed by atoms with E-state index >= 15 is 0 Å². The molecular formula is C24H21N7O. The van der Waals surface area contributed by atoms with Crippen molar-refractivity contribution in [2.24, 2.45) is 0 Å². The monoisotopic (exact) mass is 423 g/mol. The number of benzene rings is 1. The lowest BCUT2D eigenvalue weighted by molar-refractivity contribution is 0.0658. The number of aromatic nitrogens is 4. The lowest BCUT2D eigenvalue weighted by Gasteiger charge is -2.32. The molecular weight excluding hydrogens is 402 g/mol. The average molecular weight is 423 g/mol. The van der Waals surface area contributed by atoms with Gasteiger partial charge in [-0.2, -0.15) is 5.26 Å². The number of hydrogen-bond donors (Lipinski definition) is 0.